The normalized spacial score (nSPS) is 18.8. The third-order valence-corrected chi connectivity index (χ3v) is 2.13. The number of aliphatic hydroxyl groups is 1. The predicted octanol–water partition coefficient (Wildman–Crippen LogP) is 0.770. The summed E-state index contributed by atoms with van der Waals surface area (Å²) >= 11 is 0. The first-order valence-electron chi connectivity index (χ1n) is 4.64. The van der Waals surface area contributed by atoms with Gasteiger partial charge in [-0.05, 0) is 27.3 Å². The molecule has 0 aliphatic carbocycles. The minimum Gasteiger partial charge on any atom is -0.389 e. The molecule has 3 nitrogen and oxygen atoms in total. The number of hydrogen-bond donors (Lipinski definition) is 2. The molecule has 2 N–H and O–H groups in total. The Morgan fingerprint density at radius 1 is 1.42 bits per heavy atom. The van der Waals surface area contributed by atoms with Crippen LogP contribution in [0, 0.1) is 0 Å². The highest BCUT2D eigenvalue weighted by atomic mass is 16.5. The molecule has 0 fully saturated rings. The Morgan fingerprint density at radius 2 is 2.00 bits per heavy atom. The van der Waals surface area contributed by atoms with Gasteiger partial charge in [-0.25, -0.2) is 0 Å². The van der Waals surface area contributed by atoms with Crippen molar-refractivity contribution >= 4 is 0 Å². The molecule has 0 aromatic rings. The highest BCUT2D eigenvalue weighted by molar-refractivity contribution is 4.77. The van der Waals surface area contributed by atoms with E-state index in [0.717, 1.165) is 6.42 Å². The summed E-state index contributed by atoms with van der Waals surface area (Å²) < 4.78 is 5.30. The molecule has 0 radical (unpaired) electrons. The third-order valence-electron chi connectivity index (χ3n) is 2.13. The average Bonchev–Trinajstić information content (AvgIpc) is 2.07. The van der Waals surface area contributed by atoms with Gasteiger partial charge in [-0.2, -0.15) is 0 Å². The van der Waals surface area contributed by atoms with Crippen molar-refractivity contribution in [2.75, 3.05) is 13.7 Å². The molecule has 0 bridgehead atoms. The summed E-state index contributed by atoms with van der Waals surface area (Å²) in [6.07, 6.45) is 0.405. The van der Waals surface area contributed by atoms with Crippen molar-refractivity contribution in [2.45, 2.75) is 45.4 Å². The van der Waals surface area contributed by atoms with E-state index in [9.17, 15) is 5.11 Å². The molecule has 0 heterocycles. The lowest BCUT2D eigenvalue weighted by molar-refractivity contribution is -0.0374. The highest BCUT2D eigenvalue weighted by Crippen LogP contribution is 2.06. The Balaban J connectivity index is 3.87. The van der Waals surface area contributed by atoms with E-state index in [4.69, 9.17) is 4.74 Å². The van der Waals surface area contributed by atoms with Gasteiger partial charge in [-0.15, -0.1) is 0 Å². The minimum atomic E-state index is -0.417. The van der Waals surface area contributed by atoms with E-state index in [1.54, 1.807) is 0 Å². The van der Waals surface area contributed by atoms with E-state index < -0.39 is 6.10 Å². The van der Waals surface area contributed by atoms with Crippen LogP contribution in [-0.4, -0.2) is 37.0 Å². The zero-order chi connectivity index (χ0) is 9.56. The fraction of sp³-hybridized carbons (Fsp3) is 1.00. The van der Waals surface area contributed by atoms with Gasteiger partial charge in [0, 0.05) is 12.6 Å². The van der Waals surface area contributed by atoms with Crippen LogP contribution in [-0.2, 0) is 4.74 Å². The summed E-state index contributed by atoms with van der Waals surface area (Å²) in [7, 11) is 1.86. The highest BCUT2D eigenvalue weighted by Gasteiger charge is 2.21. The van der Waals surface area contributed by atoms with E-state index in [2.05, 4.69) is 5.32 Å². The smallest absolute Gasteiger partial charge is 0.0951 e. The second-order valence-electron chi connectivity index (χ2n) is 2.95. The van der Waals surface area contributed by atoms with Crippen LogP contribution < -0.4 is 5.32 Å². The van der Waals surface area contributed by atoms with E-state index in [1.165, 1.54) is 0 Å². The molecular formula is C9H21NO2. The Kier molecular flexibility index (Phi) is 6.34. The molecule has 0 amide bonds. The van der Waals surface area contributed by atoms with E-state index in [-0.39, 0.29) is 12.1 Å². The van der Waals surface area contributed by atoms with Crippen LogP contribution in [0.3, 0.4) is 0 Å². The predicted molar refractivity (Wildman–Crippen MR) is 50.2 cm³/mol. The van der Waals surface area contributed by atoms with Crippen molar-refractivity contribution in [2.24, 2.45) is 0 Å². The summed E-state index contributed by atoms with van der Waals surface area (Å²) in [5.74, 6) is 0. The molecule has 0 saturated carbocycles. The average molecular weight is 175 g/mol. The van der Waals surface area contributed by atoms with Crippen LogP contribution in [0.4, 0.5) is 0 Å². The minimum absolute atomic E-state index is 0.0904. The molecule has 3 heteroatoms. The van der Waals surface area contributed by atoms with Gasteiger partial charge in [-0.3, -0.25) is 0 Å². The van der Waals surface area contributed by atoms with Crippen molar-refractivity contribution in [1.82, 2.24) is 5.32 Å². The van der Waals surface area contributed by atoms with Crippen molar-refractivity contribution in [3.8, 4) is 0 Å². The number of hydrogen-bond acceptors (Lipinski definition) is 3. The quantitative estimate of drug-likeness (QED) is 0.626. The van der Waals surface area contributed by atoms with Gasteiger partial charge in [0.15, 0.2) is 0 Å². The fourth-order valence-corrected chi connectivity index (χ4v) is 1.31. The van der Waals surface area contributed by atoms with Gasteiger partial charge in [0.2, 0.25) is 0 Å². The number of rotatable bonds is 6. The fourth-order valence-electron chi connectivity index (χ4n) is 1.31. The third kappa shape index (κ3) is 3.52. The molecule has 3 unspecified atom stereocenters. The van der Waals surface area contributed by atoms with Crippen LogP contribution in [0.25, 0.3) is 0 Å². The van der Waals surface area contributed by atoms with Crippen molar-refractivity contribution in [3.05, 3.63) is 0 Å². The lowest BCUT2D eigenvalue weighted by Gasteiger charge is -2.26. The summed E-state index contributed by atoms with van der Waals surface area (Å²) in [5, 5.41) is 12.8. The Morgan fingerprint density at radius 3 is 2.33 bits per heavy atom. The Hall–Kier alpha value is -0.120. The van der Waals surface area contributed by atoms with Gasteiger partial charge in [0.25, 0.3) is 0 Å². The van der Waals surface area contributed by atoms with E-state index in [0.29, 0.717) is 6.61 Å². The maximum absolute atomic E-state index is 9.72. The van der Waals surface area contributed by atoms with E-state index in [1.807, 2.05) is 27.8 Å². The van der Waals surface area contributed by atoms with Crippen LogP contribution >= 0.6 is 0 Å². The summed E-state index contributed by atoms with van der Waals surface area (Å²) in [6, 6.07) is 0.131. The zero-order valence-corrected chi connectivity index (χ0v) is 8.50. The molecule has 74 valence electrons. The molecule has 3 atom stereocenters. The largest absolute Gasteiger partial charge is 0.389 e. The topological polar surface area (TPSA) is 41.5 Å². The molecular weight excluding hydrogens is 154 g/mol. The van der Waals surface area contributed by atoms with Crippen LogP contribution in [0.5, 0.6) is 0 Å². The van der Waals surface area contributed by atoms with Crippen molar-refractivity contribution < 1.29 is 9.84 Å². The molecule has 0 aromatic carbocycles. The molecule has 0 rings (SSSR count). The Labute approximate surface area is 75.1 Å². The van der Waals surface area contributed by atoms with Crippen LogP contribution in [0.1, 0.15) is 27.2 Å². The lowest BCUT2D eigenvalue weighted by atomic mass is 10.0. The SMILES string of the molecule is CCOC(C)C(O)C(CC)NC. The molecule has 0 spiro atoms. The zero-order valence-electron chi connectivity index (χ0n) is 8.50. The Bertz CT molecular complexity index is 105. The molecule has 0 aliphatic heterocycles. The van der Waals surface area contributed by atoms with Gasteiger partial charge < -0.3 is 15.2 Å². The number of nitrogens with one attached hydrogen (secondary N) is 1. The van der Waals surface area contributed by atoms with Crippen LogP contribution in [0.2, 0.25) is 0 Å². The number of ether oxygens (including phenoxy) is 1. The van der Waals surface area contributed by atoms with Crippen molar-refractivity contribution in [1.29, 1.82) is 0 Å². The standard InChI is InChI=1S/C9H21NO2/c1-5-8(10-4)9(11)7(3)12-6-2/h7-11H,5-6H2,1-4H3. The number of aliphatic hydroxyl groups excluding tert-OH is 1. The van der Waals surface area contributed by atoms with Gasteiger partial charge in [0.05, 0.1) is 12.2 Å². The molecule has 12 heavy (non-hydrogen) atoms. The van der Waals surface area contributed by atoms with Crippen LogP contribution in [0.15, 0.2) is 0 Å². The number of likely N-dealkylation sites (N-methyl/N-ethyl adjacent to an activating group) is 1. The maximum Gasteiger partial charge on any atom is 0.0951 e. The molecule has 0 saturated heterocycles. The molecule has 0 aromatic heterocycles. The first-order valence-corrected chi connectivity index (χ1v) is 4.64. The maximum atomic E-state index is 9.72. The van der Waals surface area contributed by atoms with E-state index >= 15 is 0 Å². The van der Waals surface area contributed by atoms with Gasteiger partial charge >= 0.3 is 0 Å². The first kappa shape index (κ1) is 11.9. The second kappa shape index (κ2) is 6.40. The molecule has 0 aliphatic rings. The van der Waals surface area contributed by atoms with Gasteiger partial charge in [0.1, 0.15) is 0 Å². The second-order valence-corrected chi connectivity index (χ2v) is 2.95. The summed E-state index contributed by atoms with van der Waals surface area (Å²) in [5.41, 5.74) is 0. The first-order chi connectivity index (χ1) is 5.67. The monoisotopic (exact) mass is 175 g/mol. The summed E-state index contributed by atoms with van der Waals surface area (Å²) in [6.45, 7) is 6.53. The van der Waals surface area contributed by atoms with Crippen molar-refractivity contribution in [3.63, 3.8) is 0 Å². The summed E-state index contributed by atoms with van der Waals surface area (Å²) in [4.78, 5) is 0. The lowest BCUT2D eigenvalue weighted by Crippen LogP contribution is -2.44. The van der Waals surface area contributed by atoms with Gasteiger partial charge in [-0.1, -0.05) is 6.92 Å².